The highest BCUT2D eigenvalue weighted by molar-refractivity contribution is 5.93. The van der Waals surface area contributed by atoms with Crippen LogP contribution in [0.15, 0.2) is 16.9 Å². The Kier molecular flexibility index (Phi) is 4.62. The third-order valence-corrected chi connectivity index (χ3v) is 3.52. The van der Waals surface area contributed by atoms with Crippen LogP contribution in [-0.2, 0) is 11.8 Å². The molecule has 0 bridgehead atoms. The zero-order chi connectivity index (χ0) is 15.4. The molecule has 1 saturated heterocycles. The predicted octanol–water partition coefficient (Wildman–Crippen LogP) is 0.266. The Hall–Kier alpha value is -2.31. The molecule has 0 aromatic carbocycles. The van der Waals surface area contributed by atoms with Crippen LogP contribution < -0.4 is 10.9 Å². The average molecular weight is 293 g/mol. The minimum atomic E-state index is -0.430. The van der Waals surface area contributed by atoms with E-state index in [1.165, 1.54) is 15.5 Å². The first kappa shape index (κ1) is 15.1. The Balaban J connectivity index is 1.92. The lowest BCUT2D eigenvalue weighted by molar-refractivity contribution is 0.0719. The molecule has 0 unspecified atom stereocenters. The predicted molar refractivity (Wildman–Crippen MR) is 76.3 cm³/mol. The third-order valence-electron chi connectivity index (χ3n) is 3.52. The monoisotopic (exact) mass is 293 g/mol. The van der Waals surface area contributed by atoms with Gasteiger partial charge >= 0.3 is 6.09 Å². The SMILES string of the molecule is Cc1ccc(C(=O)NCCN2CCCOC2=O)c(=O)n1C. The summed E-state index contributed by atoms with van der Waals surface area (Å²) in [5, 5.41) is 2.65. The van der Waals surface area contributed by atoms with Gasteiger partial charge in [0.1, 0.15) is 5.56 Å². The molecule has 1 aromatic rings. The van der Waals surface area contributed by atoms with Gasteiger partial charge in [-0.15, -0.1) is 0 Å². The molecule has 0 aliphatic carbocycles. The minimum Gasteiger partial charge on any atom is -0.449 e. The van der Waals surface area contributed by atoms with Gasteiger partial charge in [0.25, 0.3) is 11.5 Å². The smallest absolute Gasteiger partial charge is 0.409 e. The normalized spacial score (nSPS) is 14.8. The summed E-state index contributed by atoms with van der Waals surface area (Å²) < 4.78 is 6.33. The molecule has 1 N–H and O–H groups in total. The highest BCUT2D eigenvalue weighted by Gasteiger charge is 2.19. The van der Waals surface area contributed by atoms with E-state index in [2.05, 4.69) is 5.32 Å². The average Bonchev–Trinajstić information content (AvgIpc) is 2.47. The number of carbonyl (C=O) groups is 2. The van der Waals surface area contributed by atoms with Gasteiger partial charge in [-0.3, -0.25) is 9.59 Å². The van der Waals surface area contributed by atoms with Crippen molar-refractivity contribution in [2.75, 3.05) is 26.2 Å². The van der Waals surface area contributed by atoms with Crippen molar-refractivity contribution < 1.29 is 14.3 Å². The van der Waals surface area contributed by atoms with Crippen LogP contribution in [0.5, 0.6) is 0 Å². The van der Waals surface area contributed by atoms with Crippen molar-refractivity contribution in [3.8, 4) is 0 Å². The maximum Gasteiger partial charge on any atom is 0.409 e. The molecule has 0 spiro atoms. The van der Waals surface area contributed by atoms with E-state index >= 15 is 0 Å². The Morgan fingerprint density at radius 3 is 2.86 bits per heavy atom. The van der Waals surface area contributed by atoms with E-state index in [1.807, 2.05) is 0 Å². The van der Waals surface area contributed by atoms with Crippen LogP contribution in [0, 0.1) is 6.92 Å². The van der Waals surface area contributed by atoms with E-state index in [0.29, 0.717) is 19.7 Å². The molecule has 2 rings (SSSR count). The van der Waals surface area contributed by atoms with Crippen LogP contribution in [-0.4, -0.2) is 47.7 Å². The second-order valence-corrected chi connectivity index (χ2v) is 4.96. The van der Waals surface area contributed by atoms with Gasteiger partial charge in [0.2, 0.25) is 0 Å². The van der Waals surface area contributed by atoms with Gasteiger partial charge < -0.3 is 19.5 Å². The summed E-state index contributed by atoms with van der Waals surface area (Å²) in [5.74, 6) is -0.430. The molecule has 0 atom stereocenters. The Morgan fingerprint density at radius 2 is 2.14 bits per heavy atom. The van der Waals surface area contributed by atoms with Gasteiger partial charge in [-0.1, -0.05) is 0 Å². The van der Waals surface area contributed by atoms with Crippen molar-refractivity contribution in [2.24, 2.45) is 7.05 Å². The summed E-state index contributed by atoms with van der Waals surface area (Å²) >= 11 is 0. The third kappa shape index (κ3) is 3.42. The van der Waals surface area contributed by atoms with Crippen molar-refractivity contribution in [3.63, 3.8) is 0 Å². The van der Waals surface area contributed by atoms with E-state index in [4.69, 9.17) is 4.74 Å². The molecule has 1 aromatic heterocycles. The van der Waals surface area contributed by atoms with Crippen molar-refractivity contribution in [1.82, 2.24) is 14.8 Å². The summed E-state index contributed by atoms with van der Waals surface area (Å²) in [6, 6.07) is 3.24. The molecule has 114 valence electrons. The largest absolute Gasteiger partial charge is 0.449 e. The number of amides is 2. The zero-order valence-corrected chi connectivity index (χ0v) is 12.2. The molecule has 0 radical (unpaired) electrons. The van der Waals surface area contributed by atoms with Crippen LogP contribution in [0.25, 0.3) is 0 Å². The summed E-state index contributed by atoms with van der Waals surface area (Å²) in [6.07, 6.45) is 0.430. The van der Waals surface area contributed by atoms with Crippen molar-refractivity contribution in [2.45, 2.75) is 13.3 Å². The maximum atomic E-state index is 12.0. The van der Waals surface area contributed by atoms with Crippen LogP contribution in [0.4, 0.5) is 4.79 Å². The lowest BCUT2D eigenvalue weighted by Gasteiger charge is -2.26. The van der Waals surface area contributed by atoms with Crippen LogP contribution >= 0.6 is 0 Å². The van der Waals surface area contributed by atoms with Crippen LogP contribution in [0.1, 0.15) is 22.5 Å². The van der Waals surface area contributed by atoms with Gasteiger partial charge in [0, 0.05) is 32.4 Å². The number of aromatic nitrogens is 1. The molecule has 2 amide bonds. The summed E-state index contributed by atoms with van der Waals surface area (Å²) in [7, 11) is 1.62. The van der Waals surface area contributed by atoms with Crippen molar-refractivity contribution >= 4 is 12.0 Å². The summed E-state index contributed by atoms with van der Waals surface area (Å²) in [4.78, 5) is 36.9. The number of nitrogens with zero attached hydrogens (tertiary/aromatic N) is 2. The van der Waals surface area contributed by atoms with Gasteiger partial charge in [-0.25, -0.2) is 4.79 Å². The number of carbonyl (C=O) groups excluding carboxylic acids is 2. The van der Waals surface area contributed by atoms with E-state index in [9.17, 15) is 14.4 Å². The van der Waals surface area contributed by atoms with E-state index in [1.54, 1.807) is 20.0 Å². The topological polar surface area (TPSA) is 80.6 Å². The highest BCUT2D eigenvalue weighted by atomic mass is 16.6. The Labute approximate surface area is 122 Å². The van der Waals surface area contributed by atoms with Gasteiger partial charge in [0.15, 0.2) is 0 Å². The first-order valence-corrected chi connectivity index (χ1v) is 6.87. The number of hydrogen-bond donors (Lipinski definition) is 1. The standard InChI is InChI=1S/C14H19N3O4/c1-10-4-5-11(13(19)16(10)2)12(18)15-6-8-17-7-3-9-21-14(17)20/h4-5H,3,6-9H2,1-2H3,(H,15,18). The first-order chi connectivity index (χ1) is 10.0. The second-order valence-electron chi connectivity index (χ2n) is 4.96. The molecular weight excluding hydrogens is 274 g/mol. The molecule has 2 heterocycles. The van der Waals surface area contributed by atoms with Crippen molar-refractivity contribution in [1.29, 1.82) is 0 Å². The van der Waals surface area contributed by atoms with E-state index in [0.717, 1.165) is 12.1 Å². The summed E-state index contributed by atoms with van der Waals surface area (Å²) in [6.45, 7) is 3.52. The first-order valence-electron chi connectivity index (χ1n) is 6.87. The molecule has 7 nitrogen and oxygen atoms in total. The molecule has 21 heavy (non-hydrogen) atoms. The Morgan fingerprint density at radius 1 is 1.38 bits per heavy atom. The van der Waals surface area contributed by atoms with E-state index < -0.39 is 5.91 Å². The number of ether oxygens (including phenoxy) is 1. The fraction of sp³-hybridized carbons (Fsp3) is 0.500. The molecule has 1 aliphatic heterocycles. The molecule has 7 heteroatoms. The maximum absolute atomic E-state index is 12.0. The van der Waals surface area contributed by atoms with Crippen LogP contribution in [0.2, 0.25) is 0 Å². The van der Waals surface area contributed by atoms with E-state index in [-0.39, 0.29) is 23.8 Å². The lowest BCUT2D eigenvalue weighted by Crippen LogP contribution is -2.43. The van der Waals surface area contributed by atoms with Gasteiger partial charge in [0.05, 0.1) is 6.61 Å². The Bertz CT molecular complexity index is 609. The number of hydrogen-bond acceptors (Lipinski definition) is 4. The number of nitrogens with one attached hydrogen (secondary N) is 1. The quantitative estimate of drug-likeness (QED) is 0.864. The number of aryl methyl sites for hydroxylation is 1. The molecule has 1 fully saturated rings. The zero-order valence-electron chi connectivity index (χ0n) is 12.2. The molecule has 0 saturated carbocycles. The molecule has 1 aliphatic rings. The highest BCUT2D eigenvalue weighted by Crippen LogP contribution is 2.03. The van der Waals surface area contributed by atoms with Gasteiger partial charge in [-0.2, -0.15) is 0 Å². The molecular formula is C14H19N3O4. The van der Waals surface area contributed by atoms with Gasteiger partial charge in [-0.05, 0) is 25.5 Å². The fourth-order valence-electron chi connectivity index (χ4n) is 2.10. The lowest BCUT2D eigenvalue weighted by atomic mass is 10.2. The second kappa shape index (κ2) is 6.43. The number of cyclic esters (lactones) is 1. The number of pyridine rings is 1. The summed E-state index contributed by atoms with van der Waals surface area (Å²) in [5.41, 5.74) is 0.557. The number of rotatable bonds is 4. The fourth-order valence-corrected chi connectivity index (χ4v) is 2.10. The van der Waals surface area contributed by atoms with Crippen molar-refractivity contribution in [3.05, 3.63) is 33.7 Å². The minimum absolute atomic E-state index is 0.101. The van der Waals surface area contributed by atoms with Crippen LogP contribution in [0.3, 0.4) is 0 Å².